The van der Waals surface area contributed by atoms with E-state index in [0.717, 1.165) is 24.8 Å². The SMILES string of the molecule is NS(=O)(=O)NC1CCCc2sccc21. The van der Waals surface area contributed by atoms with Gasteiger partial charge in [-0.15, -0.1) is 11.3 Å². The van der Waals surface area contributed by atoms with Gasteiger partial charge in [-0.25, -0.2) is 5.14 Å². The van der Waals surface area contributed by atoms with E-state index in [1.807, 2.05) is 11.4 Å². The monoisotopic (exact) mass is 232 g/mol. The standard InChI is InChI=1S/C8H12N2O2S2/c9-14(11,12)10-7-2-1-3-8-6(7)4-5-13-8/h4-5,7,10H,1-3H2,(H2,9,11,12). The maximum absolute atomic E-state index is 10.9. The normalized spacial score (nSPS) is 21.9. The topological polar surface area (TPSA) is 72.2 Å². The van der Waals surface area contributed by atoms with E-state index >= 15 is 0 Å². The van der Waals surface area contributed by atoms with Crippen molar-refractivity contribution in [3.63, 3.8) is 0 Å². The van der Waals surface area contributed by atoms with Gasteiger partial charge in [0.15, 0.2) is 0 Å². The number of rotatable bonds is 2. The second kappa shape index (κ2) is 3.62. The van der Waals surface area contributed by atoms with Crippen molar-refractivity contribution in [3.8, 4) is 0 Å². The zero-order chi connectivity index (χ0) is 10.2. The lowest BCUT2D eigenvalue weighted by molar-refractivity contribution is 0.512. The number of thiophene rings is 1. The van der Waals surface area contributed by atoms with Crippen LogP contribution < -0.4 is 9.86 Å². The molecule has 78 valence electrons. The predicted molar refractivity (Wildman–Crippen MR) is 56.2 cm³/mol. The maximum Gasteiger partial charge on any atom is 0.274 e. The lowest BCUT2D eigenvalue weighted by Crippen LogP contribution is -2.35. The predicted octanol–water partition coefficient (Wildman–Crippen LogP) is 0.919. The molecule has 1 unspecified atom stereocenters. The Morgan fingerprint density at radius 2 is 2.36 bits per heavy atom. The van der Waals surface area contributed by atoms with E-state index < -0.39 is 10.2 Å². The quantitative estimate of drug-likeness (QED) is 0.795. The fourth-order valence-electron chi connectivity index (χ4n) is 1.81. The van der Waals surface area contributed by atoms with E-state index in [0.29, 0.717) is 0 Å². The van der Waals surface area contributed by atoms with Crippen molar-refractivity contribution >= 4 is 21.5 Å². The smallest absolute Gasteiger partial charge is 0.216 e. The summed E-state index contributed by atoms with van der Waals surface area (Å²) in [6, 6.07) is 1.85. The van der Waals surface area contributed by atoms with Crippen LogP contribution in [0.3, 0.4) is 0 Å². The zero-order valence-electron chi connectivity index (χ0n) is 7.56. The Morgan fingerprint density at radius 1 is 1.57 bits per heavy atom. The molecule has 6 heteroatoms. The summed E-state index contributed by atoms with van der Waals surface area (Å²) < 4.78 is 24.3. The Balaban J connectivity index is 2.25. The molecule has 0 spiro atoms. The van der Waals surface area contributed by atoms with Gasteiger partial charge in [-0.1, -0.05) is 0 Å². The average molecular weight is 232 g/mol. The van der Waals surface area contributed by atoms with Crippen molar-refractivity contribution < 1.29 is 8.42 Å². The minimum absolute atomic E-state index is 0.125. The summed E-state index contributed by atoms with van der Waals surface area (Å²) in [4.78, 5) is 1.28. The van der Waals surface area contributed by atoms with Crippen molar-refractivity contribution in [2.75, 3.05) is 0 Å². The molecule has 4 nitrogen and oxygen atoms in total. The van der Waals surface area contributed by atoms with Gasteiger partial charge < -0.3 is 0 Å². The Kier molecular flexibility index (Phi) is 2.61. The molecule has 14 heavy (non-hydrogen) atoms. The first-order valence-electron chi connectivity index (χ1n) is 4.42. The highest BCUT2D eigenvalue weighted by atomic mass is 32.2. The Labute approximate surface area is 87.3 Å². The lowest BCUT2D eigenvalue weighted by Gasteiger charge is -2.22. The fourth-order valence-corrected chi connectivity index (χ4v) is 3.44. The minimum atomic E-state index is -3.59. The summed E-state index contributed by atoms with van der Waals surface area (Å²) in [5.41, 5.74) is 1.09. The van der Waals surface area contributed by atoms with Gasteiger partial charge in [0, 0.05) is 10.9 Å². The molecule has 0 aliphatic heterocycles. The molecule has 1 aromatic rings. The Hall–Kier alpha value is -0.430. The molecule has 3 N–H and O–H groups in total. The molecule has 0 bridgehead atoms. The van der Waals surface area contributed by atoms with Crippen molar-refractivity contribution in [1.29, 1.82) is 0 Å². The Bertz CT molecular complexity index is 424. The second-order valence-corrected chi connectivity index (χ2v) is 5.73. The molecule has 2 rings (SSSR count). The third-order valence-corrected chi connectivity index (χ3v) is 3.97. The highest BCUT2D eigenvalue weighted by Gasteiger charge is 2.23. The molecule has 1 aliphatic rings. The van der Waals surface area contributed by atoms with Crippen LogP contribution in [0.15, 0.2) is 11.4 Å². The summed E-state index contributed by atoms with van der Waals surface area (Å²) in [6.07, 6.45) is 2.90. The molecule has 0 aromatic carbocycles. The van der Waals surface area contributed by atoms with E-state index in [1.165, 1.54) is 4.88 Å². The summed E-state index contributed by atoms with van der Waals surface area (Å²) in [5, 5.41) is 6.95. The molecule has 1 aliphatic carbocycles. The van der Waals surface area contributed by atoms with Gasteiger partial charge in [0.1, 0.15) is 0 Å². The van der Waals surface area contributed by atoms with Crippen molar-refractivity contribution in [2.45, 2.75) is 25.3 Å². The van der Waals surface area contributed by atoms with Crippen LogP contribution in [0, 0.1) is 0 Å². The third-order valence-electron chi connectivity index (χ3n) is 2.36. The first kappa shape index (κ1) is 10.1. The van der Waals surface area contributed by atoms with Crippen LogP contribution in [0.2, 0.25) is 0 Å². The second-order valence-electron chi connectivity index (χ2n) is 3.41. The molecule has 0 saturated carbocycles. The fraction of sp³-hybridized carbons (Fsp3) is 0.500. The van der Waals surface area contributed by atoms with Crippen molar-refractivity contribution in [3.05, 3.63) is 21.9 Å². The van der Waals surface area contributed by atoms with Crippen LogP contribution >= 0.6 is 11.3 Å². The largest absolute Gasteiger partial charge is 0.274 e. The number of hydrogen-bond donors (Lipinski definition) is 2. The lowest BCUT2D eigenvalue weighted by atomic mass is 9.95. The molecule has 0 amide bonds. The molecule has 0 radical (unpaired) electrons. The van der Waals surface area contributed by atoms with Gasteiger partial charge in [-0.3, -0.25) is 0 Å². The van der Waals surface area contributed by atoms with E-state index in [1.54, 1.807) is 11.3 Å². The van der Waals surface area contributed by atoms with Gasteiger partial charge >= 0.3 is 0 Å². The summed E-state index contributed by atoms with van der Waals surface area (Å²) in [5.74, 6) is 0. The van der Waals surface area contributed by atoms with E-state index in [2.05, 4.69) is 4.72 Å². The number of aryl methyl sites for hydroxylation is 1. The summed E-state index contributed by atoms with van der Waals surface area (Å²) in [6.45, 7) is 0. The molecule has 0 fully saturated rings. The zero-order valence-corrected chi connectivity index (χ0v) is 9.20. The van der Waals surface area contributed by atoms with Gasteiger partial charge in [0.2, 0.25) is 0 Å². The van der Waals surface area contributed by atoms with E-state index in [-0.39, 0.29) is 6.04 Å². The Morgan fingerprint density at radius 3 is 3.07 bits per heavy atom. The van der Waals surface area contributed by atoms with Crippen LogP contribution in [0.5, 0.6) is 0 Å². The van der Waals surface area contributed by atoms with Crippen LogP contribution in [0.25, 0.3) is 0 Å². The van der Waals surface area contributed by atoms with Crippen LogP contribution in [0.1, 0.15) is 29.3 Å². The maximum atomic E-state index is 10.9. The molecular formula is C8H12N2O2S2. The first-order valence-corrected chi connectivity index (χ1v) is 6.85. The summed E-state index contributed by atoms with van der Waals surface area (Å²) >= 11 is 1.68. The van der Waals surface area contributed by atoms with Gasteiger partial charge in [-0.05, 0) is 36.3 Å². The van der Waals surface area contributed by atoms with Crippen molar-refractivity contribution in [1.82, 2.24) is 4.72 Å². The molecule has 1 aromatic heterocycles. The molecular weight excluding hydrogens is 220 g/mol. The first-order chi connectivity index (χ1) is 6.56. The van der Waals surface area contributed by atoms with Crippen LogP contribution in [-0.4, -0.2) is 8.42 Å². The number of hydrogen-bond acceptors (Lipinski definition) is 3. The number of nitrogens with one attached hydrogen (secondary N) is 1. The molecule has 1 atom stereocenters. The van der Waals surface area contributed by atoms with E-state index in [9.17, 15) is 8.42 Å². The number of fused-ring (bicyclic) bond motifs is 1. The van der Waals surface area contributed by atoms with E-state index in [4.69, 9.17) is 5.14 Å². The molecule has 1 heterocycles. The van der Waals surface area contributed by atoms with Gasteiger partial charge in [0.25, 0.3) is 10.2 Å². The minimum Gasteiger partial charge on any atom is -0.216 e. The average Bonchev–Trinajstić information content (AvgIpc) is 2.49. The van der Waals surface area contributed by atoms with Gasteiger partial charge in [0.05, 0.1) is 0 Å². The highest BCUT2D eigenvalue weighted by molar-refractivity contribution is 7.87. The molecule has 0 saturated heterocycles. The van der Waals surface area contributed by atoms with Crippen LogP contribution in [-0.2, 0) is 16.6 Å². The third kappa shape index (κ3) is 2.14. The summed E-state index contributed by atoms with van der Waals surface area (Å²) in [7, 11) is -3.59. The van der Waals surface area contributed by atoms with Crippen molar-refractivity contribution in [2.24, 2.45) is 5.14 Å². The number of nitrogens with two attached hydrogens (primary N) is 1. The van der Waals surface area contributed by atoms with Gasteiger partial charge in [-0.2, -0.15) is 13.1 Å². The highest BCUT2D eigenvalue weighted by Crippen LogP contribution is 2.33. The van der Waals surface area contributed by atoms with Crippen LogP contribution in [0.4, 0.5) is 0 Å².